The van der Waals surface area contributed by atoms with Gasteiger partial charge in [0.05, 0.1) is 12.6 Å². The van der Waals surface area contributed by atoms with Crippen LogP contribution in [-0.2, 0) is 27.3 Å². The number of nitrogens with one attached hydrogen (secondary N) is 1. The highest BCUT2D eigenvalue weighted by atomic mass is 16.2. The predicted molar refractivity (Wildman–Crippen MR) is 183 cm³/mol. The molecule has 1 aliphatic heterocycles. The number of benzene rings is 4. The van der Waals surface area contributed by atoms with Crippen molar-refractivity contribution >= 4 is 40.1 Å². The monoisotopic (exact) mass is 630 g/mol. The molecule has 3 N–H and O–H groups in total. The largest absolute Gasteiger partial charge is 0.368 e. The molecule has 4 amide bonds. The maximum Gasteiger partial charge on any atom is 0.254 e. The number of nitrogens with two attached hydrogens (primary N) is 1. The Morgan fingerprint density at radius 2 is 1.62 bits per heavy atom. The Kier molecular flexibility index (Phi) is 9.95. The Morgan fingerprint density at radius 1 is 0.872 bits per heavy atom. The number of rotatable bonds is 12. The summed E-state index contributed by atoms with van der Waals surface area (Å²) in [6.45, 7) is 0.198. The summed E-state index contributed by atoms with van der Waals surface area (Å²) in [5.41, 5.74) is 9.45. The molecule has 0 bridgehead atoms. The van der Waals surface area contributed by atoms with Gasteiger partial charge in [0.2, 0.25) is 17.7 Å². The van der Waals surface area contributed by atoms with Gasteiger partial charge in [-0.05, 0) is 58.4 Å². The highest BCUT2D eigenvalue weighted by molar-refractivity contribution is 6.00. The van der Waals surface area contributed by atoms with Gasteiger partial charge in [-0.1, -0.05) is 105 Å². The van der Waals surface area contributed by atoms with Gasteiger partial charge < -0.3 is 20.9 Å². The highest BCUT2D eigenvalue weighted by Crippen LogP contribution is 2.38. The van der Waals surface area contributed by atoms with Gasteiger partial charge in [-0.2, -0.15) is 0 Å². The maximum atomic E-state index is 14.3. The van der Waals surface area contributed by atoms with E-state index in [-0.39, 0.29) is 49.8 Å². The standard InChI is InChI=1S/C39H42N4O4/c40-36(44)26-42(25-28-11-2-1-3-12-28)38(46)21-22-43-35(33-16-8-14-29-13-6-7-15-32(29)33)23-30-18-19-31(24-34(30)39(43)47)41-37(45)20-17-27-9-4-5-10-27/h1-3,6-8,11-16,18-19,24,27,35H,4-5,9-10,17,20-23,25-26H2,(H2,40,44)(H,41,45). The van der Waals surface area contributed by atoms with Crippen LogP contribution in [0.3, 0.4) is 0 Å². The molecule has 0 spiro atoms. The number of hydrogen-bond donors (Lipinski definition) is 2. The minimum Gasteiger partial charge on any atom is -0.368 e. The average Bonchev–Trinajstić information content (AvgIpc) is 3.61. The highest BCUT2D eigenvalue weighted by Gasteiger charge is 2.35. The Morgan fingerprint density at radius 3 is 2.40 bits per heavy atom. The van der Waals surface area contributed by atoms with Crippen LogP contribution in [0, 0.1) is 5.92 Å². The summed E-state index contributed by atoms with van der Waals surface area (Å²) in [5.74, 6) is -0.456. The summed E-state index contributed by atoms with van der Waals surface area (Å²) in [5, 5.41) is 5.14. The summed E-state index contributed by atoms with van der Waals surface area (Å²) >= 11 is 0. The van der Waals surface area contributed by atoms with Crippen molar-refractivity contribution in [2.24, 2.45) is 11.7 Å². The van der Waals surface area contributed by atoms with Crippen LogP contribution in [0.5, 0.6) is 0 Å². The molecule has 0 saturated heterocycles. The number of carbonyl (C=O) groups is 4. The van der Waals surface area contributed by atoms with Gasteiger partial charge >= 0.3 is 0 Å². The van der Waals surface area contributed by atoms with Crippen molar-refractivity contribution in [1.82, 2.24) is 9.80 Å². The van der Waals surface area contributed by atoms with Gasteiger partial charge in [0.1, 0.15) is 0 Å². The van der Waals surface area contributed by atoms with Crippen LogP contribution in [-0.4, -0.2) is 46.5 Å². The lowest BCUT2D eigenvalue weighted by atomic mass is 9.86. The topological polar surface area (TPSA) is 113 Å². The normalized spacial score (nSPS) is 16.2. The minimum atomic E-state index is -0.594. The molecule has 8 nitrogen and oxygen atoms in total. The fourth-order valence-electron chi connectivity index (χ4n) is 7.18. The Bertz CT molecular complexity index is 1760. The third-order valence-electron chi connectivity index (χ3n) is 9.59. The quantitative estimate of drug-likeness (QED) is 0.189. The molecule has 242 valence electrons. The van der Waals surface area contributed by atoms with E-state index in [1.807, 2.05) is 66.7 Å². The molecule has 1 heterocycles. The lowest BCUT2D eigenvalue weighted by molar-refractivity contribution is -0.136. The van der Waals surface area contributed by atoms with Crippen LogP contribution in [0.2, 0.25) is 0 Å². The summed E-state index contributed by atoms with van der Waals surface area (Å²) in [7, 11) is 0. The lowest BCUT2D eigenvalue weighted by Crippen LogP contribution is -2.44. The van der Waals surface area contributed by atoms with Crippen molar-refractivity contribution in [3.05, 3.63) is 113 Å². The van der Waals surface area contributed by atoms with Crippen LogP contribution in [0.15, 0.2) is 91.0 Å². The van der Waals surface area contributed by atoms with Gasteiger partial charge in [-0.25, -0.2) is 0 Å². The minimum absolute atomic E-state index is 0.0278. The number of nitrogens with zero attached hydrogens (tertiary/aromatic N) is 2. The zero-order chi connectivity index (χ0) is 32.8. The van der Waals surface area contributed by atoms with Gasteiger partial charge in [-0.3, -0.25) is 19.2 Å². The first-order valence-electron chi connectivity index (χ1n) is 16.7. The molecule has 8 heteroatoms. The second-order valence-electron chi connectivity index (χ2n) is 12.8. The fraction of sp³-hybridized carbons (Fsp3) is 0.333. The van der Waals surface area contributed by atoms with Gasteiger partial charge in [-0.15, -0.1) is 0 Å². The first-order chi connectivity index (χ1) is 22.9. The average molecular weight is 631 g/mol. The van der Waals surface area contributed by atoms with E-state index in [0.29, 0.717) is 30.0 Å². The lowest BCUT2D eigenvalue weighted by Gasteiger charge is -2.38. The van der Waals surface area contributed by atoms with E-state index >= 15 is 0 Å². The van der Waals surface area contributed by atoms with E-state index < -0.39 is 5.91 Å². The molecule has 1 fully saturated rings. The van der Waals surface area contributed by atoms with E-state index in [9.17, 15) is 19.2 Å². The molecule has 0 aromatic heterocycles. The number of hydrogen-bond acceptors (Lipinski definition) is 4. The number of fused-ring (bicyclic) bond motifs is 2. The molecular formula is C39H42N4O4. The fourth-order valence-corrected chi connectivity index (χ4v) is 7.18. The predicted octanol–water partition coefficient (Wildman–Crippen LogP) is 6.39. The van der Waals surface area contributed by atoms with Gasteiger partial charge in [0, 0.05) is 37.2 Å². The molecule has 1 aliphatic carbocycles. The van der Waals surface area contributed by atoms with Crippen LogP contribution in [0.1, 0.15) is 78.0 Å². The zero-order valence-corrected chi connectivity index (χ0v) is 26.7. The molecule has 1 unspecified atom stereocenters. The Labute approximate surface area is 275 Å². The van der Waals surface area contributed by atoms with Crippen LogP contribution in [0.4, 0.5) is 5.69 Å². The third kappa shape index (κ3) is 7.71. The van der Waals surface area contributed by atoms with Crippen molar-refractivity contribution in [2.45, 2.75) is 64.0 Å². The second-order valence-corrected chi connectivity index (χ2v) is 12.8. The van der Waals surface area contributed by atoms with E-state index in [0.717, 1.165) is 33.9 Å². The van der Waals surface area contributed by atoms with E-state index in [2.05, 4.69) is 23.5 Å². The molecular weight excluding hydrogens is 588 g/mol. The first-order valence-corrected chi connectivity index (χ1v) is 16.7. The first kappa shape index (κ1) is 32.0. The van der Waals surface area contributed by atoms with Gasteiger partial charge in [0.25, 0.3) is 5.91 Å². The summed E-state index contributed by atoms with van der Waals surface area (Å²) in [6, 6.07) is 28.9. The number of primary amides is 1. The maximum absolute atomic E-state index is 14.3. The zero-order valence-electron chi connectivity index (χ0n) is 26.7. The third-order valence-corrected chi connectivity index (χ3v) is 9.59. The molecule has 1 saturated carbocycles. The van der Waals surface area contributed by atoms with Crippen LogP contribution >= 0.6 is 0 Å². The van der Waals surface area contributed by atoms with Gasteiger partial charge in [0.15, 0.2) is 0 Å². The second kappa shape index (κ2) is 14.6. The van der Waals surface area contributed by atoms with Crippen molar-refractivity contribution in [3.8, 4) is 0 Å². The molecule has 2 aliphatic rings. The summed E-state index contributed by atoms with van der Waals surface area (Å²) < 4.78 is 0. The molecule has 4 aromatic rings. The SMILES string of the molecule is NC(=O)CN(Cc1ccccc1)C(=O)CCN1C(=O)c2cc(NC(=O)CCC3CCCC3)ccc2CC1c1cccc2ccccc12. The Hall–Kier alpha value is -4.98. The smallest absolute Gasteiger partial charge is 0.254 e. The van der Waals surface area contributed by atoms with Crippen molar-refractivity contribution in [3.63, 3.8) is 0 Å². The van der Waals surface area contributed by atoms with Crippen molar-refractivity contribution in [1.29, 1.82) is 0 Å². The van der Waals surface area contributed by atoms with Crippen molar-refractivity contribution < 1.29 is 19.2 Å². The summed E-state index contributed by atoms with van der Waals surface area (Å²) in [4.78, 5) is 55.9. The van der Waals surface area contributed by atoms with E-state index in [4.69, 9.17) is 5.73 Å². The molecule has 47 heavy (non-hydrogen) atoms. The number of amides is 4. The Balaban J connectivity index is 1.25. The van der Waals surface area contributed by atoms with E-state index in [1.54, 1.807) is 11.0 Å². The van der Waals surface area contributed by atoms with E-state index in [1.165, 1.54) is 30.6 Å². The summed E-state index contributed by atoms with van der Waals surface area (Å²) in [6.07, 6.45) is 6.84. The molecule has 6 rings (SSSR count). The molecule has 4 aromatic carbocycles. The molecule has 1 atom stereocenters. The molecule has 0 radical (unpaired) electrons. The van der Waals surface area contributed by atoms with Crippen LogP contribution < -0.4 is 11.1 Å². The van der Waals surface area contributed by atoms with Crippen LogP contribution in [0.25, 0.3) is 10.8 Å². The van der Waals surface area contributed by atoms with Crippen molar-refractivity contribution in [2.75, 3.05) is 18.4 Å². The number of anilines is 1. The number of carbonyl (C=O) groups excluding carboxylic acids is 4.